The molecule has 2 aromatic rings. The number of carbonyl (C=O) groups is 2. The van der Waals surface area contributed by atoms with E-state index in [0.717, 1.165) is 18.4 Å². The van der Waals surface area contributed by atoms with E-state index in [1.165, 1.54) is 6.07 Å². The number of nitrogens with one attached hydrogen (secondary N) is 1. The van der Waals surface area contributed by atoms with Crippen LogP contribution in [0, 0.1) is 0 Å². The van der Waals surface area contributed by atoms with Crippen molar-refractivity contribution < 1.29 is 14.7 Å². The highest BCUT2D eigenvalue weighted by Gasteiger charge is 2.26. The Morgan fingerprint density at radius 2 is 2.05 bits per heavy atom. The van der Waals surface area contributed by atoms with Crippen LogP contribution in [0.15, 0.2) is 42.6 Å². The smallest absolute Gasteiger partial charge is 0.335 e. The molecule has 0 unspecified atom stereocenters. The van der Waals surface area contributed by atoms with Crippen LogP contribution in [0.25, 0.3) is 0 Å². The van der Waals surface area contributed by atoms with Crippen molar-refractivity contribution in [2.75, 3.05) is 0 Å². The molecular weight excluding hydrogens is 268 g/mol. The number of carboxylic acids is 1. The third-order valence-electron chi connectivity index (χ3n) is 3.58. The molecule has 1 aliphatic rings. The molecule has 0 spiro atoms. The topological polar surface area (TPSA) is 71.3 Å². The van der Waals surface area contributed by atoms with Crippen molar-refractivity contribution in [3.8, 4) is 0 Å². The summed E-state index contributed by atoms with van der Waals surface area (Å²) in [5, 5.41) is 11.8. The summed E-state index contributed by atoms with van der Waals surface area (Å²) in [6, 6.07) is 10.7. The Bertz CT molecular complexity index is 686. The van der Waals surface area contributed by atoms with Crippen molar-refractivity contribution in [1.29, 1.82) is 0 Å². The molecule has 1 saturated carbocycles. The molecule has 21 heavy (non-hydrogen) atoms. The number of carbonyl (C=O) groups excluding carboxylic acids is 1. The van der Waals surface area contributed by atoms with Gasteiger partial charge >= 0.3 is 5.97 Å². The second-order valence-corrected chi connectivity index (χ2v) is 5.22. The first-order valence-corrected chi connectivity index (χ1v) is 6.92. The molecule has 1 heterocycles. The lowest BCUT2D eigenvalue weighted by Gasteiger charge is -2.09. The largest absolute Gasteiger partial charge is 0.478 e. The van der Waals surface area contributed by atoms with Gasteiger partial charge in [-0.2, -0.15) is 0 Å². The Morgan fingerprint density at radius 1 is 1.24 bits per heavy atom. The summed E-state index contributed by atoms with van der Waals surface area (Å²) in [4.78, 5) is 23.1. The SMILES string of the molecule is O=C(O)c1cccc(CNC(=O)c2cccn2C2CC2)c1. The third kappa shape index (κ3) is 2.97. The van der Waals surface area contributed by atoms with Gasteiger partial charge in [0.05, 0.1) is 5.56 Å². The van der Waals surface area contributed by atoms with Crippen molar-refractivity contribution in [3.63, 3.8) is 0 Å². The molecule has 1 aromatic heterocycles. The molecular formula is C16H16N2O3. The second-order valence-electron chi connectivity index (χ2n) is 5.22. The van der Waals surface area contributed by atoms with Gasteiger partial charge in [-0.3, -0.25) is 4.79 Å². The number of aromatic nitrogens is 1. The predicted octanol–water partition coefficient (Wildman–Crippen LogP) is 2.45. The number of carboxylic acid groups (broad SMARTS) is 1. The quantitative estimate of drug-likeness (QED) is 0.886. The van der Waals surface area contributed by atoms with Crippen molar-refractivity contribution in [3.05, 3.63) is 59.4 Å². The number of hydrogen-bond donors (Lipinski definition) is 2. The second kappa shape index (κ2) is 5.44. The van der Waals surface area contributed by atoms with Crippen LogP contribution in [0.4, 0.5) is 0 Å². The predicted molar refractivity (Wildman–Crippen MR) is 77.3 cm³/mol. The Hall–Kier alpha value is -2.56. The summed E-state index contributed by atoms with van der Waals surface area (Å²) in [6.45, 7) is 0.315. The highest BCUT2D eigenvalue weighted by molar-refractivity contribution is 5.93. The lowest BCUT2D eigenvalue weighted by Crippen LogP contribution is -2.25. The van der Waals surface area contributed by atoms with E-state index in [9.17, 15) is 9.59 Å². The van der Waals surface area contributed by atoms with Crippen LogP contribution in [-0.2, 0) is 6.54 Å². The van der Waals surface area contributed by atoms with Gasteiger partial charge in [-0.1, -0.05) is 12.1 Å². The number of hydrogen-bond acceptors (Lipinski definition) is 2. The molecule has 108 valence electrons. The zero-order valence-electron chi connectivity index (χ0n) is 11.5. The van der Waals surface area contributed by atoms with Crippen LogP contribution >= 0.6 is 0 Å². The van der Waals surface area contributed by atoms with E-state index in [1.54, 1.807) is 24.3 Å². The van der Waals surface area contributed by atoms with Crippen molar-refractivity contribution in [2.45, 2.75) is 25.4 Å². The van der Waals surface area contributed by atoms with Gasteiger partial charge in [0.2, 0.25) is 0 Å². The van der Waals surface area contributed by atoms with Crippen LogP contribution in [0.5, 0.6) is 0 Å². The van der Waals surface area contributed by atoms with Gasteiger partial charge in [0, 0.05) is 18.8 Å². The summed E-state index contributed by atoms with van der Waals surface area (Å²) in [6.07, 6.45) is 4.17. The molecule has 0 radical (unpaired) electrons. The van der Waals surface area contributed by atoms with Crippen molar-refractivity contribution in [1.82, 2.24) is 9.88 Å². The van der Waals surface area contributed by atoms with E-state index in [1.807, 2.05) is 16.8 Å². The maximum atomic E-state index is 12.2. The monoisotopic (exact) mass is 284 g/mol. The molecule has 2 N–H and O–H groups in total. The average Bonchev–Trinajstić information content (AvgIpc) is 3.22. The molecule has 1 fully saturated rings. The molecule has 0 atom stereocenters. The van der Waals surface area contributed by atoms with E-state index < -0.39 is 5.97 Å². The molecule has 0 bridgehead atoms. The lowest BCUT2D eigenvalue weighted by molar-refractivity contribution is 0.0696. The zero-order chi connectivity index (χ0) is 14.8. The minimum Gasteiger partial charge on any atom is -0.478 e. The summed E-state index contributed by atoms with van der Waals surface area (Å²) in [5.41, 5.74) is 1.66. The Balaban J connectivity index is 1.67. The first kappa shape index (κ1) is 13.4. The zero-order valence-corrected chi connectivity index (χ0v) is 11.5. The first-order chi connectivity index (χ1) is 10.1. The van der Waals surface area contributed by atoms with Gasteiger partial charge in [0.25, 0.3) is 5.91 Å². The standard InChI is InChI=1S/C16H16N2O3/c19-15(14-5-2-8-18(14)13-6-7-13)17-10-11-3-1-4-12(9-11)16(20)21/h1-5,8-9,13H,6-7,10H2,(H,17,19)(H,20,21). The van der Waals surface area contributed by atoms with Crippen LogP contribution in [0.1, 0.15) is 45.3 Å². The van der Waals surface area contributed by atoms with E-state index in [2.05, 4.69) is 5.32 Å². The fourth-order valence-electron chi connectivity index (χ4n) is 2.34. The average molecular weight is 284 g/mol. The van der Waals surface area contributed by atoms with Crippen LogP contribution in [0.2, 0.25) is 0 Å². The Morgan fingerprint density at radius 3 is 2.76 bits per heavy atom. The number of nitrogens with zero attached hydrogens (tertiary/aromatic N) is 1. The maximum absolute atomic E-state index is 12.2. The third-order valence-corrected chi connectivity index (χ3v) is 3.58. The van der Waals surface area contributed by atoms with E-state index in [0.29, 0.717) is 18.3 Å². The molecule has 5 heteroatoms. The number of benzene rings is 1. The molecule has 3 rings (SSSR count). The molecule has 1 aromatic carbocycles. The van der Waals surface area contributed by atoms with Gasteiger partial charge in [0.1, 0.15) is 5.69 Å². The molecule has 0 saturated heterocycles. The number of aromatic carboxylic acids is 1. The fourth-order valence-corrected chi connectivity index (χ4v) is 2.34. The van der Waals surface area contributed by atoms with E-state index >= 15 is 0 Å². The van der Waals surface area contributed by atoms with Crippen LogP contribution in [-0.4, -0.2) is 21.6 Å². The van der Waals surface area contributed by atoms with Gasteiger partial charge < -0.3 is 15.0 Å². The lowest BCUT2D eigenvalue weighted by atomic mass is 10.1. The normalized spacial score (nSPS) is 13.9. The summed E-state index contributed by atoms with van der Waals surface area (Å²) >= 11 is 0. The van der Waals surface area contributed by atoms with Gasteiger partial charge in [-0.05, 0) is 42.7 Å². The summed E-state index contributed by atoms with van der Waals surface area (Å²) in [7, 11) is 0. The van der Waals surface area contributed by atoms with Gasteiger partial charge in [-0.15, -0.1) is 0 Å². The molecule has 0 aliphatic heterocycles. The first-order valence-electron chi connectivity index (χ1n) is 6.92. The Kier molecular flexibility index (Phi) is 3.48. The molecule has 5 nitrogen and oxygen atoms in total. The van der Waals surface area contributed by atoms with Crippen molar-refractivity contribution >= 4 is 11.9 Å². The van der Waals surface area contributed by atoms with Crippen LogP contribution < -0.4 is 5.32 Å². The van der Waals surface area contributed by atoms with Gasteiger partial charge in [0.15, 0.2) is 0 Å². The Labute approximate surface area is 122 Å². The highest BCUT2D eigenvalue weighted by Crippen LogP contribution is 2.35. The minimum atomic E-state index is -0.967. The molecule has 1 aliphatic carbocycles. The maximum Gasteiger partial charge on any atom is 0.335 e. The summed E-state index contributed by atoms with van der Waals surface area (Å²) < 4.78 is 2.00. The van der Waals surface area contributed by atoms with E-state index in [4.69, 9.17) is 5.11 Å². The fraction of sp³-hybridized carbons (Fsp3) is 0.250. The number of amides is 1. The molecule has 1 amide bonds. The summed E-state index contributed by atoms with van der Waals surface area (Å²) in [5.74, 6) is -1.10. The minimum absolute atomic E-state index is 0.132. The highest BCUT2D eigenvalue weighted by atomic mass is 16.4. The number of rotatable bonds is 5. The van der Waals surface area contributed by atoms with Crippen LogP contribution in [0.3, 0.4) is 0 Å². The van der Waals surface area contributed by atoms with E-state index in [-0.39, 0.29) is 11.5 Å². The van der Waals surface area contributed by atoms with Crippen molar-refractivity contribution in [2.24, 2.45) is 0 Å². The van der Waals surface area contributed by atoms with Gasteiger partial charge in [-0.25, -0.2) is 4.79 Å².